The smallest absolute Gasteiger partial charge is 0.191 e. The monoisotopic (exact) mass is 352 g/mol. The summed E-state index contributed by atoms with van der Waals surface area (Å²) in [6.07, 6.45) is 4.53. The van der Waals surface area contributed by atoms with Crippen LogP contribution >= 0.6 is 24.0 Å². The average molecular weight is 352 g/mol. The fourth-order valence-electron chi connectivity index (χ4n) is 1.62. The summed E-state index contributed by atoms with van der Waals surface area (Å²) in [6, 6.07) is 1.34. The van der Waals surface area contributed by atoms with Crippen molar-refractivity contribution >= 4 is 29.9 Å². The molecule has 1 aliphatic carbocycles. The van der Waals surface area contributed by atoms with E-state index in [9.17, 15) is 0 Å². The molecule has 0 heterocycles. The first-order valence-electron chi connectivity index (χ1n) is 5.96. The van der Waals surface area contributed by atoms with Gasteiger partial charge in [-0.15, -0.1) is 30.6 Å². The van der Waals surface area contributed by atoms with Crippen LogP contribution in [-0.4, -0.2) is 50.1 Å². The standard InChI is InChI=1S/C12H24N4.HI/c1-5-8-14-12(13-3)15-9-10(2)16(4)11-6-7-11;/h5,10-11H,1,6-9H2,2-4H3,(H2,13,14,15);1H. The molecule has 0 amide bonds. The second-order valence-electron chi connectivity index (χ2n) is 4.37. The van der Waals surface area contributed by atoms with Crippen LogP contribution in [0.5, 0.6) is 0 Å². The van der Waals surface area contributed by atoms with Crippen molar-refractivity contribution < 1.29 is 0 Å². The van der Waals surface area contributed by atoms with E-state index in [2.05, 4.69) is 41.1 Å². The average Bonchev–Trinajstić information content (AvgIpc) is 3.12. The number of hydrogen-bond donors (Lipinski definition) is 2. The fourth-order valence-corrected chi connectivity index (χ4v) is 1.62. The number of hydrogen-bond acceptors (Lipinski definition) is 2. The minimum atomic E-state index is 0. The van der Waals surface area contributed by atoms with Gasteiger partial charge in [0.25, 0.3) is 0 Å². The molecule has 17 heavy (non-hydrogen) atoms. The molecule has 0 aromatic carbocycles. The van der Waals surface area contributed by atoms with Gasteiger partial charge >= 0.3 is 0 Å². The number of guanidine groups is 1. The quantitative estimate of drug-likeness (QED) is 0.329. The zero-order chi connectivity index (χ0) is 12.0. The molecule has 1 saturated carbocycles. The van der Waals surface area contributed by atoms with Gasteiger partial charge in [0.05, 0.1) is 0 Å². The highest BCUT2D eigenvalue weighted by atomic mass is 127. The number of nitrogens with zero attached hydrogens (tertiary/aromatic N) is 2. The highest BCUT2D eigenvalue weighted by Gasteiger charge is 2.28. The zero-order valence-electron chi connectivity index (χ0n) is 11.1. The maximum Gasteiger partial charge on any atom is 0.191 e. The highest BCUT2D eigenvalue weighted by molar-refractivity contribution is 14.0. The summed E-state index contributed by atoms with van der Waals surface area (Å²) in [6.45, 7) is 7.57. The van der Waals surface area contributed by atoms with Crippen molar-refractivity contribution in [3.05, 3.63) is 12.7 Å². The van der Waals surface area contributed by atoms with Crippen molar-refractivity contribution in [2.75, 3.05) is 27.2 Å². The van der Waals surface area contributed by atoms with Gasteiger partial charge in [-0.25, -0.2) is 0 Å². The molecule has 1 fully saturated rings. The van der Waals surface area contributed by atoms with E-state index in [-0.39, 0.29) is 24.0 Å². The van der Waals surface area contributed by atoms with Crippen LogP contribution in [0.3, 0.4) is 0 Å². The second kappa shape index (κ2) is 8.74. The molecule has 0 aliphatic heterocycles. The van der Waals surface area contributed by atoms with Gasteiger partial charge < -0.3 is 10.6 Å². The Bertz CT molecular complexity index is 251. The summed E-state index contributed by atoms with van der Waals surface area (Å²) in [5.74, 6) is 0.843. The molecule has 1 unspecified atom stereocenters. The molecular weight excluding hydrogens is 327 g/mol. The van der Waals surface area contributed by atoms with Gasteiger partial charge in [0.2, 0.25) is 0 Å². The first kappa shape index (κ1) is 16.7. The Morgan fingerprint density at radius 1 is 1.53 bits per heavy atom. The molecule has 0 aromatic heterocycles. The van der Waals surface area contributed by atoms with Crippen molar-refractivity contribution in [2.24, 2.45) is 4.99 Å². The lowest BCUT2D eigenvalue weighted by molar-refractivity contribution is 0.247. The summed E-state index contributed by atoms with van der Waals surface area (Å²) in [4.78, 5) is 6.58. The molecule has 1 rings (SSSR count). The summed E-state index contributed by atoms with van der Waals surface area (Å²) in [7, 11) is 3.98. The zero-order valence-corrected chi connectivity index (χ0v) is 13.4. The molecule has 0 bridgehead atoms. The Kier molecular flexibility index (Phi) is 8.59. The predicted molar refractivity (Wildman–Crippen MR) is 85.2 cm³/mol. The summed E-state index contributed by atoms with van der Waals surface area (Å²) >= 11 is 0. The Balaban J connectivity index is 0.00000256. The summed E-state index contributed by atoms with van der Waals surface area (Å²) in [5, 5.41) is 6.48. The van der Waals surface area contributed by atoms with Crippen LogP contribution in [0.4, 0.5) is 0 Å². The van der Waals surface area contributed by atoms with Gasteiger partial charge in [0.1, 0.15) is 0 Å². The van der Waals surface area contributed by atoms with Gasteiger partial charge in [0.15, 0.2) is 5.96 Å². The molecule has 4 nitrogen and oxygen atoms in total. The lowest BCUT2D eigenvalue weighted by Crippen LogP contribution is -2.45. The van der Waals surface area contributed by atoms with Gasteiger partial charge in [-0.05, 0) is 26.8 Å². The van der Waals surface area contributed by atoms with Crippen molar-refractivity contribution in [3.63, 3.8) is 0 Å². The maximum absolute atomic E-state index is 4.15. The van der Waals surface area contributed by atoms with E-state index in [1.807, 2.05) is 6.08 Å². The fraction of sp³-hybridized carbons (Fsp3) is 0.750. The molecule has 0 aromatic rings. The first-order chi connectivity index (χ1) is 7.69. The van der Waals surface area contributed by atoms with Crippen LogP contribution in [-0.2, 0) is 0 Å². The minimum absolute atomic E-state index is 0. The first-order valence-corrected chi connectivity index (χ1v) is 5.96. The number of nitrogens with one attached hydrogen (secondary N) is 2. The maximum atomic E-state index is 4.15. The molecule has 1 aliphatic rings. The minimum Gasteiger partial charge on any atom is -0.355 e. The summed E-state index contributed by atoms with van der Waals surface area (Å²) in [5.41, 5.74) is 0. The Morgan fingerprint density at radius 3 is 2.65 bits per heavy atom. The molecule has 100 valence electrons. The van der Waals surface area contributed by atoms with Crippen LogP contribution in [0.1, 0.15) is 19.8 Å². The molecule has 5 heteroatoms. The highest BCUT2D eigenvalue weighted by Crippen LogP contribution is 2.26. The van der Waals surface area contributed by atoms with Gasteiger partial charge in [-0.2, -0.15) is 0 Å². The Hall–Kier alpha value is -0.300. The molecule has 2 N–H and O–H groups in total. The second-order valence-corrected chi connectivity index (χ2v) is 4.37. The Labute approximate surface area is 122 Å². The topological polar surface area (TPSA) is 39.7 Å². The third-order valence-electron chi connectivity index (χ3n) is 3.02. The van der Waals surface area contributed by atoms with Crippen LogP contribution in [0.25, 0.3) is 0 Å². The largest absolute Gasteiger partial charge is 0.355 e. The van der Waals surface area contributed by atoms with E-state index in [4.69, 9.17) is 0 Å². The van der Waals surface area contributed by atoms with Crippen molar-refractivity contribution in [3.8, 4) is 0 Å². The molecular formula is C12H25IN4. The van der Waals surface area contributed by atoms with Crippen LogP contribution < -0.4 is 10.6 Å². The van der Waals surface area contributed by atoms with E-state index in [0.29, 0.717) is 6.04 Å². The van der Waals surface area contributed by atoms with E-state index >= 15 is 0 Å². The molecule has 1 atom stereocenters. The van der Waals surface area contributed by atoms with E-state index < -0.39 is 0 Å². The van der Waals surface area contributed by atoms with E-state index in [0.717, 1.165) is 25.1 Å². The third-order valence-corrected chi connectivity index (χ3v) is 3.02. The van der Waals surface area contributed by atoms with E-state index in [1.165, 1.54) is 12.8 Å². The summed E-state index contributed by atoms with van der Waals surface area (Å²) < 4.78 is 0. The van der Waals surface area contributed by atoms with Crippen molar-refractivity contribution in [1.82, 2.24) is 15.5 Å². The van der Waals surface area contributed by atoms with Crippen LogP contribution in [0.2, 0.25) is 0 Å². The van der Waals surface area contributed by atoms with Crippen molar-refractivity contribution in [1.29, 1.82) is 0 Å². The number of halogens is 1. The van der Waals surface area contributed by atoms with Gasteiger partial charge in [-0.3, -0.25) is 9.89 Å². The SMILES string of the molecule is C=CCNC(=NC)NCC(C)N(C)C1CC1.I. The van der Waals surface area contributed by atoms with Crippen LogP contribution in [0, 0.1) is 0 Å². The predicted octanol–water partition coefficient (Wildman–Crippen LogP) is 1.44. The third kappa shape index (κ3) is 6.26. The molecule has 0 spiro atoms. The molecule has 0 saturated heterocycles. The Morgan fingerprint density at radius 2 is 2.18 bits per heavy atom. The number of likely N-dealkylation sites (N-methyl/N-ethyl adjacent to an activating group) is 1. The lowest BCUT2D eigenvalue weighted by Gasteiger charge is -2.25. The molecule has 0 radical (unpaired) electrons. The van der Waals surface area contributed by atoms with Gasteiger partial charge in [-0.1, -0.05) is 6.08 Å². The van der Waals surface area contributed by atoms with Gasteiger partial charge in [0, 0.05) is 32.2 Å². The normalized spacial score (nSPS) is 17.3. The van der Waals surface area contributed by atoms with E-state index in [1.54, 1.807) is 7.05 Å². The number of rotatable bonds is 6. The van der Waals surface area contributed by atoms with Crippen LogP contribution in [0.15, 0.2) is 17.6 Å². The van der Waals surface area contributed by atoms with Crippen molar-refractivity contribution in [2.45, 2.75) is 31.8 Å². The number of aliphatic imine (C=N–C) groups is 1. The lowest BCUT2D eigenvalue weighted by atomic mass is 10.3.